The Bertz CT molecular complexity index is 513. The van der Waals surface area contributed by atoms with Gasteiger partial charge >= 0.3 is 0 Å². The molecule has 0 aliphatic rings. The van der Waals surface area contributed by atoms with Crippen molar-refractivity contribution in [3.63, 3.8) is 0 Å². The lowest BCUT2D eigenvalue weighted by molar-refractivity contribution is -0.134. The van der Waals surface area contributed by atoms with Crippen molar-refractivity contribution < 1.29 is 23.4 Å². The number of carboxylic acids is 1. The summed E-state index contributed by atoms with van der Waals surface area (Å²) in [6, 6.07) is 8.30. The smallest absolute Gasteiger partial charge is 0.300 e. The minimum atomic E-state index is -3.26. The highest BCUT2D eigenvalue weighted by molar-refractivity contribution is 7.91. The largest absolute Gasteiger partial charge is 0.481 e. The quantitative estimate of drug-likeness (QED) is 0.818. The Morgan fingerprint density at radius 3 is 2.11 bits per heavy atom. The molecular formula is C13H18O5S. The van der Waals surface area contributed by atoms with Crippen LogP contribution in [-0.4, -0.2) is 37.0 Å². The summed E-state index contributed by atoms with van der Waals surface area (Å²) in [5.41, 5.74) is 0.654. The molecule has 6 heteroatoms. The summed E-state index contributed by atoms with van der Waals surface area (Å²) in [6.07, 6.45) is 1.50. The fourth-order valence-electron chi connectivity index (χ4n) is 1.23. The van der Waals surface area contributed by atoms with Crippen LogP contribution in [0.25, 0.3) is 0 Å². The van der Waals surface area contributed by atoms with Gasteiger partial charge in [-0.1, -0.05) is 29.8 Å². The van der Waals surface area contributed by atoms with Crippen LogP contribution in [0.3, 0.4) is 0 Å². The number of aliphatic hydroxyl groups excluding tert-OH is 1. The van der Waals surface area contributed by atoms with E-state index in [-0.39, 0.29) is 12.4 Å². The lowest BCUT2D eigenvalue weighted by atomic mass is 10.3. The third-order valence-corrected chi connectivity index (χ3v) is 3.79. The number of carboxylic acid groups (broad SMARTS) is 1. The Hall–Kier alpha value is -1.66. The lowest BCUT2D eigenvalue weighted by Crippen LogP contribution is -2.07. The van der Waals surface area contributed by atoms with E-state index in [1.165, 1.54) is 6.08 Å². The van der Waals surface area contributed by atoms with Gasteiger partial charge in [0.2, 0.25) is 0 Å². The Labute approximate surface area is 113 Å². The fourth-order valence-corrected chi connectivity index (χ4v) is 2.68. The fraction of sp³-hybridized carbons (Fsp3) is 0.308. The molecule has 0 saturated carbocycles. The van der Waals surface area contributed by atoms with Gasteiger partial charge in [-0.2, -0.15) is 0 Å². The van der Waals surface area contributed by atoms with Crippen LogP contribution in [0.5, 0.6) is 0 Å². The number of aliphatic hydroxyl groups is 1. The van der Waals surface area contributed by atoms with Gasteiger partial charge < -0.3 is 10.2 Å². The number of hydrogen-bond donors (Lipinski definition) is 2. The van der Waals surface area contributed by atoms with E-state index in [4.69, 9.17) is 15.0 Å². The van der Waals surface area contributed by atoms with Crippen molar-refractivity contribution >= 4 is 15.8 Å². The first-order chi connectivity index (χ1) is 8.79. The summed E-state index contributed by atoms with van der Waals surface area (Å²) >= 11 is 0. The third kappa shape index (κ3) is 8.12. The monoisotopic (exact) mass is 286 g/mol. The molecule has 0 unspecified atom stereocenters. The summed E-state index contributed by atoms with van der Waals surface area (Å²) in [5.74, 6) is -0.877. The molecule has 19 heavy (non-hydrogen) atoms. The van der Waals surface area contributed by atoms with Crippen molar-refractivity contribution in [1.82, 2.24) is 0 Å². The first-order valence-corrected chi connectivity index (χ1v) is 7.18. The molecule has 106 valence electrons. The van der Waals surface area contributed by atoms with Crippen molar-refractivity contribution in [3.8, 4) is 0 Å². The SMILES string of the molecule is C/C(=C/CO)CS(=O)(=O)c1ccccc1.CC(=O)O. The van der Waals surface area contributed by atoms with Gasteiger partial charge in [0.15, 0.2) is 9.84 Å². The molecular weight excluding hydrogens is 268 g/mol. The molecule has 0 aliphatic carbocycles. The average molecular weight is 286 g/mol. The number of rotatable bonds is 4. The van der Waals surface area contributed by atoms with Crippen molar-refractivity contribution in [1.29, 1.82) is 0 Å². The average Bonchev–Trinajstić information content (AvgIpc) is 2.29. The second-order valence-electron chi connectivity index (χ2n) is 3.82. The van der Waals surface area contributed by atoms with E-state index in [9.17, 15) is 8.42 Å². The van der Waals surface area contributed by atoms with E-state index in [0.717, 1.165) is 6.92 Å². The van der Waals surface area contributed by atoms with E-state index in [1.807, 2.05) is 0 Å². The maximum Gasteiger partial charge on any atom is 0.300 e. The van der Waals surface area contributed by atoms with Gasteiger partial charge in [-0.15, -0.1) is 0 Å². The lowest BCUT2D eigenvalue weighted by Gasteiger charge is -2.04. The van der Waals surface area contributed by atoms with Crippen LogP contribution in [0, 0.1) is 0 Å². The van der Waals surface area contributed by atoms with Crippen LogP contribution < -0.4 is 0 Å². The molecule has 0 aromatic heterocycles. The molecule has 0 radical (unpaired) electrons. The Morgan fingerprint density at radius 2 is 1.68 bits per heavy atom. The molecule has 0 saturated heterocycles. The maximum atomic E-state index is 11.8. The van der Waals surface area contributed by atoms with E-state index in [0.29, 0.717) is 10.5 Å². The van der Waals surface area contributed by atoms with Gasteiger partial charge in [-0.05, 0) is 19.1 Å². The second-order valence-corrected chi connectivity index (χ2v) is 5.81. The minimum absolute atomic E-state index is 0.0441. The van der Waals surface area contributed by atoms with Crippen LogP contribution >= 0.6 is 0 Å². The summed E-state index contributed by atoms with van der Waals surface area (Å²) in [4.78, 5) is 9.32. The first kappa shape index (κ1) is 17.3. The summed E-state index contributed by atoms with van der Waals surface area (Å²) in [7, 11) is -3.26. The van der Waals surface area contributed by atoms with Crippen molar-refractivity contribution in [2.24, 2.45) is 0 Å². The predicted octanol–water partition coefficient (Wildman–Crippen LogP) is 1.49. The van der Waals surface area contributed by atoms with E-state index < -0.39 is 15.8 Å². The van der Waals surface area contributed by atoms with Gasteiger partial charge in [0, 0.05) is 6.92 Å². The van der Waals surface area contributed by atoms with Crippen LogP contribution in [0.15, 0.2) is 46.9 Å². The van der Waals surface area contributed by atoms with Crippen LogP contribution in [-0.2, 0) is 14.6 Å². The third-order valence-electron chi connectivity index (χ3n) is 1.96. The summed E-state index contributed by atoms with van der Waals surface area (Å²) in [6.45, 7) is 2.65. The molecule has 5 nitrogen and oxygen atoms in total. The highest BCUT2D eigenvalue weighted by atomic mass is 32.2. The standard InChI is InChI=1S/C11H14O3S.C2H4O2/c1-10(7-8-12)9-15(13,14)11-5-3-2-4-6-11;1-2(3)4/h2-7,12H,8-9H2,1H3;1H3,(H,3,4)/b10-7-;. The highest BCUT2D eigenvalue weighted by Crippen LogP contribution is 2.12. The topological polar surface area (TPSA) is 91.7 Å². The zero-order valence-electron chi connectivity index (χ0n) is 10.9. The predicted molar refractivity (Wildman–Crippen MR) is 72.6 cm³/mol. The highest BCUT2D eigenvalue weighted by Gasteiger charge is 2.13. The first-order valence-electron chi connectivity index (χ1n) is 5.53. The number of carbonyl (C=O) groups is 1. The molecule has 2 N–H and O–H groups in total. The Kier molecular flexibility index (Phi) is 7.71. The number of hydrogen-bond acceptors (Lipinski definition) is 4. The second kappa shape index (κ2) is 8.44. The summed E-state index contributed by atoms with van der Waals surface area (Å²) < 4.78 is 23.6. The van der Waals surface area contributed by atoms with Crippen LogP contribution in [0.4, 0.5) is 0 Å². The number of aliphatic carboxylic acids is 1. The van der Waals surface area contributed by atoms with Crippen molar-refractivity contribution in [2.75, 3.05) is 12.4 Å². The van der Waals surface area contributed by atoms with Crippen LogP contribution in [0.1, 0.15) is 13.8 Å². The zero-order chi connectivity index (χ0) is 14.9. The molecule has 0 heterocycles. The molecule has 0 spiro atoms. The molecule has 0 amide bonds. The van der Waals surface area contributed by atoms with Gasteiger partial charge in [-0.25, -0.2) is 8.42 Å². The van der Waals surface area contributed by atoms with Crippen molar-refractivity contribution in [3.05, 3.63) is 42.0 Å². The normalized spacial score (nSPS) is 11.4. The molecule has 1 aromatic carbocycles. The maximum absolute atomic E-state index is 11.8. The molecule has 0 atom stereocenters. The molecule has 1 rings (SSSR count). The number of sulfone groups is 1. The Balaban J connectivity index is 0.000000711. The molecule has 1 aromatic rings. The Morgan fingerprint density at radius 1 is 1.21 bits per heavy atom. The van der Waals surface area contributed by atoms with E-state index in [2.05, 4.69) is 0 Å². The van der Waals surface area contributed by atoms with Gasteiger partial charge in [0.25, 0.3) is 5.97 Å². The molecule has 0 fully saturated rings. The molecule has 0 aliphatic heterocycles. The van der Waals surface area contributed by atoms with Crippen LogP contribution in [0.2, 0.25) is 0 Å². The summed E-state index contributed by atoms with van der Waals surface area (Å²) in [5, 5.41) is 16.0. The van der Waals surface area contributed by atoms with Crippen molar-refractivity contribution in [2.45, 2.75) is 18.7 Å². The van der Waals surface area contributed by atoms with E-state index in [1.54, 1.807) is 37.3 Å². The van der Waals surface area contributed by atoms with Gasteiger partial charge in [-0.3, -0.25) is 4.79 Å². The van der Waals surface area contributed by atoms with E-state index >= 15 is 0 Å². The molecule has 0 bridgehead atoms. The minimum Gasteiger partial charge on any atom is -0.481 e. The number of benzene rings is 1. The van der Waals surface area contributed by atoms with Gasteiger partial charge in [0.1, 0.15) is 0 Å². The zero-order valence-corrected chi connectivity index (χ0v) is 11.7. The van der Waals surface area contributed by atoms with Gasteiger partial charge in [0.05, 0.1) is 17.3 Å².